The van der Waals surface area contributed by atoms with E-state index in [9.17, 15) is 4.79 Å². The third-order valence-corrected chi connectivity index (χ3v) is 5.65. The van der Waals surface area contributed by atoms with Gasteiger partial charge in [-0.05, 0) is 81.2 Å². The molecule has 0 aliphatic heterocycles. The number of benzene rings is 3. The van der Waals surface area contributed by atoms with Gasteiger partial charge in [0.15, 0.2) is 0 Å². The zero-order valence-corrected chi connectivity index (χ0v) is 19.8. The van der Waals surface area contributed by atoms with Crippen LogP contribution in [0.15, 0.2) is 72.9 Å². The van der Waals surface area contributed by atoms with Gasteiger partial charge in [-0.25, -0.2) is 4.79 Å². The van der Waals surface area contributed by atoms with Gasteiger partial charge in [0.2, 0.25) is 0 Å². The number of nitrogens with zero attached hydrogens (tertiary/aromatic N) is 2. The Hall–Kier alpha value is -3.28. The predicted molar refractivity (Wildman–Crippen MR) is 133 cm³/mol. The van der Waals surface area contributed by atoms with E-state index in [2.05, 4.69) is 29.8 Å². The van der Waals surface area contributed by atoms with Crippen molar-refractivity contribution >= 4 is 28.5 Å². The summed E-state index contributed by atoms with van der Waals surface area (Å²) in [5, 5.41) is 1.69. The molecule has 0 saturated carbocycles. The number of carbonyl (C=O) groups is 1. The fourth-order valence-electron chi connectivity index (χ4n) is 3.70. The lowest BCUT2D eigenvalue weighted by molar-refractivity contribution is 0.0526. The van der Waals surface area contributed by atoms with Crippen LogP contribution in [0.2, 0.25) is 5.02 Å². The summed E-state index contributed by atoms with van der Waals surface area (Å²) >= 11 is 5.95. The van der Waals surface area contributed by atoms with Gasteiger partial charge < -0.3 is 18.9 Å². The first-order valence-electron chi connectivity index (χ1n) is 10.9. The quantitative estimate of drug-likeness (QED) is 0.280. The van der Waals surface area contributed by atoms with Crippen LogP contribution in [0.25, 0.3) is 22.0 Å². The molecule has 0 saturated heterocycles. The zero-order valence-electron chi connectivity index (χ0n) is 19.0. The fraction of sp³-hybridized carbons (Fsp3) is 0.222. The summed E-state index contributed by atoms with van der Waals surface area (Å²) in [6.45, 7) is 3.92. The van der Waals surface area contributed by atoms with Gasteiger partial charge in [-0.1, -0.05) is 23.7 Å². The highest BCUT2D eigenvalue weighted by Crippen LogP contribution is 2.33. The average molecular weight is 463 g/mol. The first kappa shape index (κ1) is 22.9. The van der Waals surface area contributed by atoms with Crippen molar-refractivity contribution in [3.05, 3.63) is 83.5 Å². The first-order chi connectivity index (χ1) is 15.9. The van der Waals surface area contributed by atoms with Crippen LogP contribution in [0.5, 0.6) is 11.5 Å². The van der Waals surface area contributed by atoms with Crippen molar-refractivity contribution in [3.8, 4) is 22.6 Å². The normalized spacial score (nSPS) is 11.2. The van der Waals surface area contributed by atoms with Gasteiger partial charge in [0.1, 0.15) is 11.5 Å². The fourth-order valence-corrected chi connectivity index (χ4v) is 3.83. The second kappa shape index (κ2) is 10.1. The molecule has 0 N–H and O–H groups in total. The molecular weight excluding hydrogens is 436 g/mol. The van der Waals surface area contributed by atoms with E-state index in [0.717, 1.165) is 46.6 Å². The Morgan fingerprint density at radius 2 is 1.64 bits per heavy atom. The molecule has 3 aromatic carbocycles. The lowest BCUT2D eigenvalue weighted by atomic mass is 10.0. The van der Waals surface area contributed by atoms with Crippen LogP contribution < -0.4 is 4.74 Å². The summed E-state index contributed by atoms with van der Waals surface area (Å²) in [7, 11) is 4.12. The van der Waals surface area contributed by atoms with E-state index in [1.807, 2.05) is 61.5 Å². The number of fused-ring (bicyclic) bond motifs is 1. The number of aromatic nitrogens is 1. The number of hydrogen-bond acceptors (Lipinski definition) is 4. The van der Waals surface area contributed by atoms with Crippen molar-refractivity contribution in [1.29, 1.82) is 0 Å². The topological polar surface area (TPSA) is 43.7 Å². The second-order valence-electron chi connectivity index (χ2n) is 8.07. The number of hydrogen-bond donors (Lipinski definition) is 0. The molecule has 4 rings (SSSR count). The summed E-state index contributed by atoms with van der Waals surface area (Å²) < 4.78 is 13.4. The van der Waals surface area contributed by atoms with Crippen molar-refractivity contribution in [2.45, 2.75) is 13.5 Å². The Labute approximate surface area is 199 Å². The van der Waals surface area contributed by atoms with Crippen LogP contribution in [0.4, 0.5) is 0 Å². The summed E-state index contributed by atoms with van der Waals surface area (Å²) in [5.74, 6) is 1.16. The zero-order chi connectivity index (χ0) is 23.4. The summed E-state index contributed by atoms with van der Waals surface area (Å²) in [4.78, 5) is 14.5. The van der Waals surface area contributed by atoms with Crippen LogP contribution in [-0.2, 0) is 11.3 Å². The summed E-state index contributed by atoms with van der Waals surface area (Å²) in [6.07, 6.45) is 2.15. The standard InChI is InChI=1S/C27H27ClN2O3/c1-4-32-27(31)20-7-14-26-24(17-20)25(18-30(26)16-15-29(2)3)19-5-10-22(11-6-19)33-23-12-8-21(28)9-13-23/h5-14,17-18H,4,15-16H2,1-3H3. The molecule has 5 nitrogen and oxygen atoms in total. The van der Waals surface area contributed by atoms with Crippen LogP contribution >= 0.6 is 11.6 Å². The number of likely N-dealkylation sites (N-methyl/N-ethyl adjacent to an activating group) is 1. The highest BCUT2D eigenvalue weighted by atomic mass is 35.5. The SMILES string of the molecule is CCOC(=O)c1ccc2c(c1)c(-c1ccc(Oc3ccc(Cl)cc3)cc1)cn2CCN(C)C. The average Bonchev–Trinajstić information content (AvgIpc) is 3.18. The largest absolute Gasteiger partial charge is 0.462 e. The highest BCUT2D eigenvalue weighted by molar-refractivity contribution is 6.30. The number of rotatable bonds is 8. The first-order valence-corrected chi connectivity index (χ1v) is 11.3. The van der Waals surface area contributed by atoms with Crippen molar-refractivity contribution < 1.29 is 14.3 Å². The highest BCUT2D eigenvalue weighted by Gasteiger charge is 2.15. The van der Waals surface area contributed by atoms with Crippen LogP contribution in [0.1, 0.15) is 17.3 Å². The number of carbonyl (C=O) groups excluding carboxylic acids is 1. The number of halogens is 1. The van der Waals surface area contributed by atoms with E-state index in [1.54, 1.807) is 12.1 Å². The third-order valence-electron chi connectivity index (χ3n) is 5.40. The molecule has 170 valence electrons. The van der Waals surface area contributed by atoms with Crippen molar-refractivity contribution in [1.82, 2.24) is 9.47 Å². The van der Waals surface area contributed by atoms with Gasteiger partial charge in [0.05, 0.1) is 12.2 Å². The molecule has 0 radical (unpaired) electrons. The Kier molecular flexibility index (Phi) is 7.02. The third kappa shape index (κ3) is 5.38. The second-order valence-corrected chi connectivity index (χ2v) is 8.51. The lowest BCUT2D eigenvalue weighted by Crippen LogP contribution is -2.17. The monoisotopic (exact) mass is 462 g/mol. The maximum Gasteiger partial charge on any atom is 0.338 e. The number of esters is 1. The van der Waals surface area contributed by atoms with Gasteiger partial charge in [-0.15, -0.1) is 0 Å². The molecule has 33 heavy (non-hydrogen) atoms. The Bertz CT molecular complexity index is 1250. The van der Waals surface area contributed by atoms with E-state index < -0.39 is 0 Å². The van der Waals surface area contributed by atoms with Crippen LogP contribution in [0.3, 0.4) is 0 Å². The van der Waals surface area contributed by atoms with E-state index in [-0.39, 0.29) is 5.97 Å². The molecule has 4 aromatic rings. The molecule has 1 aromatic heterocycles. The molecule has 0 aliphatic rings. The van der Waals surface area contributed by atoms with Crippen molar-refractivity contribution in [2.24, 2.45) is 0 Å². The summed E-state index contributed by atoms with van der Waals surface area (Å²) in [6, 6.07) is 21.0. The molecule has 0 fully saturated rings. The van der Waals surface area contributed by atoms with Crippen LogP contribution in [0, 0.1) is 0 Å². The Balaban J connectivity index is 1.69. The molecule has 1 heterocycles. The van der Waals surface area contributed by atoms with Crippen molar-refractivity contribution in [3.63, 3.8) is 0 Å². The minimum absolute atomic E-state index is 0.307. The van der Waals surface area contributed by atoms with E-state index in [1.165, 1.54) is 0 Å². The molecular formula is C27H27ClN2O3. The van der Waals surface area contributed by atoms with Crippen molar-refractivity contribution in [2.75, 3.05) is 27.2 Å². The molecule has 0 bridgehead atoms. The van der Waals surface area contributed by atoms with E-state index in [4.69, 9.17) is 21.1 Å². The Morgan fingerprint density at radius 3 is 2.27 bits per heavy atom. The van der Waals surface area contributed by atoms with Crippen LogP contribution in [-0.4, -0.2) is 42.7 Å². The van der Waals surface area contributed by atoms with Gasteiger partial charge in [0.25, 0.3) is 0 Å². The molecule has 0 aliphatic carbocycles. The predicted octanol–water partition coefficient (Wildman–Crippen LogP) is 6.49. The van der Waals surface area contributed by atoms with Gasteiger partial charge in [-0.3, -0.25) is 0 Å². The minimum atomic E-state index is -0.307. The molecule has 0 spiro atoms. The van der Waals surface area contributed by atoms with Gasteiger partial charge in [-0.2, -0.15) is 0 Å². The molecule has 6 heteroatoms. The maximum absolute atomic E-state index is 12.3. The minimum Gasteiger partial charge on any atom is -0.462 e. The lowest BCUT2D eigenvalue weighted by Gasteiger charge is -2.11. The van der Waals surface area contributed by atoms with Gasteiger partial charge >= 0.3 is 5.97 Å². The molecule has 0 amide bonds. The molecule has 0 atom stereocenters. The number of ether oxygens (including phenoxy) is 2. The van der Waals surface area contributed by atoms with E-state index in [0.29, 0.717) is 17.2 Å². The maximum atomic E-state index is 12.3. The van der Waals surface area contributed by atoms with E-state index >= 15 is 0 Å². The Morgan fingerprint density at radius 1 is 0.970 bits per heavy atom. The molecule has 0 unspecified atom stereocenters. The smallest absolute Gasteiger partial charge is 0.338 e. The van der Waals surface area contributed by atoms with Gasteiger partial charge in [0, 0.05) is 40.8 Å². The summed E-state index contributed by atoms with van der Waals surface area (Å²) in [5.41, 5.74) is 3.75.